The van der Waals surface area contributed by atoms with Crippen molar-refractivity contribution >= 4 is 11.9 Å². The number of carbonyl (C=O) groups excluding carboxylic acids is 1. The highest BCUT2D eigenvalue weighted by molar-refractivity contribution is 6.08. The molecule has 2 unspecified atom stereocenters. The molecule has 2 fully saturated rings. The molecule has 2 aliphatic carbocycles. The molecule has 2 heterocycles. The first-order valence-corrected chi connectivity index (χ1v) is 11.2. The molecule has 31 heavy (non-hydrogen) atoms. The minimum atomic E-state index is -1.06. The van der Waals surface area contributed by atoms with Crippen molar-refractivity contribution in [3.63, 3.8) is 0 Å². The first kappa shape index (κ1) is 20.5. The topological polar surface area (TPSA) is 101 Å². The molecule has 2 aliphatic heterocycles. The average Bonchev–Trinajstić information content (AvgIpc) is 3.10. The maximum absolute atomic E-state index is 14.2. The van der Waals surface area contributed by atoms with E-state index in [1.165, 1.54) is 0 Å². The Balaban J connectivity index is 1.65. The van der Waals surface area contributed by atoms with E-state index in [1.807, 2.05) is 18.2 Å². The van der Waals surface area contributed by atoms with Gasteiger partial charge in [-0.1, -0.05) is 19.9 Å². The first-order valence-electron chi connectivity index (χ1n) is 11.2. The number of guanidine groups is 1. The lowest BCUT2D eigenvalue weighted by molar-refractivity contribution is -0.144. The number of rotatable bonds is 3. The third-order valence-electron chi connectivity index (χ3n) is 8.01. The molecule has 0 radical (unpaired) electrons. The van der Waals surface area contributed by atoms with E-state index in [2.05, 4.69) is 19.9 Å². The summed E-state index contributed by atoms with van der Waals surface area (Å²) in [4.78, 5) is 20.8. The Morgan fingerprint density at radius 2 is 2.03 bits per heavy atom. The summed E-state index contributed by atoms with van der Waals surface area (Å²) in [5, 5.41) is 9.54. The zero-order chi connectivity index (χ0) is 22.0. The maximum Gasteiger partial charge on any atom is 0.262 e. The molecule has 7 nitrogen and oxygen atoms in total. The molecule has 1 aromatic rings. The lowest BCUT2D eigenvalue weighted by Gasteiger charge is -2.50. The van der Waals surface area contributed by atoms with Crippen LogP contribution >= 0.6 is 0 Å². The second-order valence-electron chi connectivity index (χ2n) is 10.0. The Kier molecular flexibility index (Phi) is 4.65. The molecule has 1 amide bonds. The standard InChI is InChI=1S/C24H30N4O3/c1-14-7-23(8-15(2)20(14)30-3)9-18-5-4-16(10-25)6-19(18)24(23)21(29)28(22(26)27-24)11-17-12-31-13-17/h4-6,14-15,17,20H,7-9,11-13H2,1-3H3,(H2,26,27)/t14-,15+,20?,23?,24-/m1/s1. The van der Waals surface area contributed by atoms with E-state index in [0.29, 0.717) is 31.3 Å². The third kappa shape index (κ3) is 2.71. The molecule has 5 rings (SSSR count). The van der Waals surface area contributed by atoms with Crippen LogP contribution in [0.25, 0.3) is 0 Å². The van der Waals surface area contributed by atoms with Gasteiger partial charge in [0.25, 0.3) is 5.91 Å². The Morgan fingerprint density at radius 3 is 2.61 bits per heavy atom. The number of aliphatic imine (C=N–C) groups is 1. The Bertz CT molecular complexity index is 983. The number of fused-ring (bicyclic) bond motifs is 3. The van der Waals surface area contributed by atoms with Crippen molar-refractivity contribution in [2.24, 2.45) is 33.9 Å². The normalized spacial score (nSPS) is 37.1. The summed E-state index contributed by atoms with van der Waals surface area (Å²) in [6.45, 7) is 6.24. The van der Waals surface area contributed by atoms with Crippen LogP contribution in [0.5, 0.6) is 0 Å². The average molecular weight is 423 g/mol. The number of ether oxygens (including phenoxy) is 2. The molecular formula is C24H30N4O3. The van der Waals surface area contributed by atoms with Gasteiger partial charge in [-0.25, -0.2) is 4.99 Å². The van der Waals surface area contributed by atoms with Gasteiger partial charge in [0.05, 0.1) is 31.0 Å². The van der Waals surface area contributed by atoms with E-state index < -0.39 is 5.54 Å². The van der Waals surface area contributed by atoms with Crippen molar-refractivity contribution in [3.05, 3.63) is 34.9 Å². The van der Waals surface area contributed by atoms with Crippen molar-refractivity contribution in [1.82, 2.24) is 4.90 Å². The molecule has 1 aromatic carbocycles. The molecule has 4 aliphatic rings. The van der Waals surface area contributed by atoms with Crippen LogP contribution in [0.2, 0.25) is 0 Å². The van der Waals surface area contributed by atoms with E-state index in [0.717, 1.165) is 30.4 Å². The van der Waals surface area contributed by atoms with Crippen molar-refractivity contribution in [2.45, 2.75) is 44.8 Å². The predicted octanol–water partition coefficient (Wildman–Crippen LogP) is 2.18. The maximum atomic E-state index is 14.2. The fourth-order valence-electron chi connectivity index (χ4n) is 6.85. The van der Waals surface area contributed by atoms with E-state index in [1.54, 1.807) is 12.0 Å². The highest BCUT2D eigenvalue weighted by Gasteiger charge is 2.68. The van der Waals surface area contributed by atoms with Crippen LogP contribution in [-0.2, 0) is 26.2 Å². The lowest BCUT2D eigenvalue weighted by atomic mass is 9.56. The van der Waals surface area contributed by atoms with Crippen molar-refractivity contribution in [3.8, 4) is 6.07 Å². The third-order valence-corrected chi connectivity index (χ3v) is 8.01. The summed E-state index contributed by atoms with van der Waals surface area (Å²) in [5.41, 5.74) is 7.50. The fourth-order valence-corrected chi connectivity index (χ4v) is 6.85. The van der Waals surface area contributed by atoms with Gasteiger partial charge >= 0.3 is 0 Å². The van der Waals surface area contributed by atoms with Crippen LogP contribution in [0.4, 0.5) is 0 Å². The van der Waals surface area contributed by atoms with Gasteiger partial charge in [0, 0.05) is 25.0 Å². The minimum Gasteiger partial charge on any atom is -0.381 e. The Labute approximate surface area is 183 Å². The molecule has 7 heteroatoms. The van der Waals surface area contributed by atoms with Gasteiger partial charge in [-0.2, -0.15) is 5.26 Å². The molecule has 0 bridgehead atoms. The summed E-state index contributed by atoms with van der Waals surface area (Å²) in [6, 6.07) is 7.95. The molecule has 0 aromatic heterocycles. The van der Waals surface area contributed by atoms with E-state index in [4.69, 9.17) is 20.2 Å². The first-order chi connectivity index (χ1) is 14.8. The van der Waals surface area contributed by atoms with Crippen molar-refractivity contribution < 1.29 is 14.3 Å². The van der Waals surface area contributed by atoms with Crippen LogP contribution in [-0.4, -0.2) is 49.7 Å². The monoisotopic (exact) mass is 422 g/mol. The smallest absolute Gasteiger partial charge is 0.262 e. The van der Waals surface area contributed by atoms with Crippen LogP contribution in [0.3, 0.4) is 0 Å². The zero-order valence-electron chi connectivity index (χ0n) is 18.4. The fraction of sp³-hybridized carbons (Fsp3) is 0.625. The van der Waals surface area contributed by atoms with Gasteiger partial charge in [-0.15, -0.1) is 0 Å². The summed E-state index contributed by atoms with van der Waals surface area (Å²) in [5.74, 6) is 1.11. The second kappa shape index (κ2) is 7.04. The number of hydrogen-bond acceptors (Lipinski definition) is 6. The molecular weight excluding hydrogens is 392 g/mol. The minimum absolute atomic E-state index is 0.0407. The van der Waals surface area contributed by atoms with Gasteiger partial charge < -0.3 is 15.2 Å². The highest BCUT2D eigenvalue weighted by Crippen LogP contribution is 2.63. The van der Waals surface area contributed by atoms with E-state index in [-0.39, 0.29) is 35.2 Å². The number of methoxy groups -OCH3 is 1. The largest absolute Gasteiger partial charge is 0.381 e. The van der Waals surface area contributed by atoms with Gasteiger partial charge in [-0.05, 0) is 54.4 Å². The molecule has 1 saturated carbocycles. The summed E-state index contributed by atoms with van der Waals surface area (Å²) in [6.07, 6.45) is 2.58. The van der Waals surface area contributed by atoms with Crippen molar-refractivity contribution in [1.29, 1.82) is 5.26 Å². The van der Waals surface area contributed by atoms with Crippen molar-refractivity contribution in [2.75, 3.05) is 26.9 Å². The van der Waals surface area contributed by atoms with Gasteiger partial charge in [0.15, 0.2) is 11.5 Å². The number of hydrogen-bond donors (Lipinski definition) is 1. The predicted molar refractivity (Wildman–Crippen MR) is 115 cm³/mol. The van der Waals surface area contributed by atoms with Crippen LogP contribution in [0.15, 0.2) is 23.2 Å². The van der Waals surface area contributed by atoms with E-state index in [9.17, 15) is 10.1 Å². The number of nitriles is 1. The Morgan fingerprint density at radius 1 is 1.32 bits per heavy atom. The molecule has 2 spiro atoms. The lowest BCUT2D eigenvalue weighted by Crippen LogP contribution is -2.56. The quantitative estimate of drug-likeness (QED) is 0.805. The van der Waals surface area contributed by atoms with Gasteiger partial charge in [-0.3, -0.25) is 9.69 Å². The zero-order valence-corrected chi connectivity index (χ0v) is 18.4. The molecule has 2 N–H and O–H groups in total. The molecule has 164 valence electrons. The van der Waals surface area contributed by atoms with Gasteiger partial charge in [0.1, 0.15) is 0 Å². The number of amides is 1. The molecule has 1 saturated heterocycles. The summed E-state index contributed by atoms with van der Waals surface area (Å²) < 4.78 is 11.1. The van der Waals surface area contributed by atoms with Crippen LogP contribution in [0.1, 0.15) is 43.4 Å². The number of nitrogens with two attached hydrogens (primary N) is 1. The Hall–Kier alpha value is -2.43. The van der Waals surface area contributed by atoms with Crippen LogP contribution in [0, 0.1) is 34.5 Å². The number of nitrogens with zero attached hydrogens (tertiary/aromatic N) is 3. The number of carbonyl (C=O) groups is 1. The van der Waals surface area contributed by atoms with Crippen LogP contribution < -0.4 is 5.73 Å². The molecule has 5 atom stereocenters. The number of benzene rings is 1. The SMILES string of the molecule is COC1[C@H](C)CC2(Cc3ccc(C#N)cc3[C@]23N=C(N)N(CC2COC2)C3=O)C[C@@H]1C. The summed E-state index contributed by atoms with van der Waals surface area (Å²) in [7, 11) is 1.77. The highest BCUT2D eigenvalue weighted by atomic mass is 16.5. The van der Waals surface area contributed by atoms with Gasteiger partial charge in [0.2, 0.25) is 0 Å². The summed E-state index contributed by atoms with van der Waals surface area (Å²) >= 11 is 0. The van der Waals surface area contributed by atoms with E-state index >= 15 is 0 Å². The second-order valence-corrected chi connectivity index (χ2v) is 10.0.